The number of nitrogens with one attached hydrogen (secondary N) is 3. The number of carbonyl (C=O) groups excluding carboxylic acids is 3. The predicted molar refractivity (Wildman–Crippen MR) is 99.1 cm³/mol. The largest absolute Gasteiger partial charge is 0.481 e. The molecule has 0 saturated carbocycles. The number of rotatable bonds is 12. The molecule has 4 unspecified atom stereocenters. The van der Waals surface area contributed by atoms with Crippen LogP contribution in [-0.2, 0) is 24.0 Å². The zero-order valence-electron chi connectivity index (χ0n) is 16.5. The first-order valence-corrected chi connectivity index (χ1v) is 8.96. The first-order valence-electron chi connectivity index (χ1n) is 8.96. The van der Waals surface area contributed by atoms with E-state index in [1.807, 2.05) is 13.8 Å². The minimum atomic E-state index is -1.28. The van der Waals surface area contributed by atoms with Gasteiger partial charge in [0.15, 0.2) is 0 Å². The summed E-state index contributed by atoms with van der Waals surface area (Å²) < 4.78 is 0. The van der Waals surface area contributed by atoms with Crippen molar-refractivity contribution in [3.63, 3.8) is 0 Å². The highest BCUT2D eigenvalue weighted by atomic mass is 16.4. The van der Waals surface area contributed by atoms with Gasteiger partial charge in [-0.25, -0.2) is 0 Å². The molecule has 11 heteroatoms. The van der Waals surface area contributed by atoms with Gasteiger partial charge in [-0.3, -0.25) is 24.0 Å². The fraction of sp³-hybridized carbons (Fsp3) is 0.706. The van der Waals surface area contributed by atoms with Crippen molar-refractivity contribution in [2.45, 2.75) is 71.1 Å². The van der Waals surface area contributed by atoms with Crippen LogP contribution in [0.3, 0.4) is 0 Å². The summed E-state index contributed by atoms with van der Waals surface area (Å²) in [4.78, 5) is 58.5. The normalized spacial score (nSPS) is 15.1. The van der Waals surface area contributed by atoms with Crippen LogP contribution >= 0.6 is 0 Å². The topological polar surface area (TPSA) is 188 Å². The average Bonchev–Trinajstić information content (AvgIpc) is 2.56. The molecule has 0 aliphatic rings. The van der Waals surface area contributed by atoms with Crippen LogP contribution in [0.4, 0.5) is 0 Å². The Labute approximate surface area is 163 Å². The van der Waals surface area contributed by atoms with E-state index >= 15 is 0 Å². The van der Waals surface area contributed by atoms with E-state index in [0.29, 0.717) is 0 Å². The van der Waals surface area contributed by atoms with Gasteiger partial charge in [0.1, 0.15) is 18.1 Å². The molecule has 7 N–H and O–H groups in total. The molecule has 0 heterocycles. The van der Waals surface area contributed by atoms with E-state index in [2.05, 4.69) is 16.0 Å². The van der Waals surface area contributed by atoms with Gasteiger partial charge >= 0.3 is 11.9 Å². The van der Waals surface area contributed by atoms with Crippen molar-refractivity contribution in [1.82, 2.24) is 16.0 Å². The zero-order chi connectivity index (χ0) is 22.0. The molecule has 11 nitrogen and oxygen atoms in total. The van der Waals surface area contributed by atoms with Crippen LogP contribution in [0.15, 0.2) is 0 Å². The molecule has 4 atom stereocenters. The molecular formula is C17H30N4O7. The van der Waals surface area contributed by atoms with E-state index < -0.39 is 60.2 Å². The molecule has 0 fully saturated rings. The van der Waals surface area contributed by atoms with Crippen molar-refractivity contribution in [2.24, 2.45) is 11.7 Å². The highest BCUT2D eigenvalue weighted by Crippen LogP contribution is 2.07. The fourth-order valence-corrected chi connectivity index (χ4v) is 2.19. The maximum absolute atomic E-state index is 12.6. The lowest BCUT2D eigenvalue weighted by Crippen LogP contribution is -2.56. The lowest BCUT2D eigenvalue weighted by molar-refractivity contribution is -0.142. The molecule has 0 radical (unpaired) electrons. The van der Waals surface area contributed by atoms with Gasteiger partial charge in [0.25, 0.3) is 0 Å². The van der Waals surface area contributed by atoms with Crippen molar-refractivity contribution >= 4 is 29.7 Å². The molecule has 0 rings (SSSR count). The zero-order valence-corrected chi connectivity index (χ0v) is 16.5. The first-order chi connectivity index (χ1) is 12.8. The standard InChI is InChI=1S/C17H30N4O7/c1-8(2)7-12(21-14(24)9(3)18)16(26)20-11(5-6-13(22)23)15(25)19-10(4)17(27)28/h8-12H,5-7,18H2,1-4H3,(H,19,25)(H,20,26)(H,21,24)(H,22,23)(H,27,28). The lowest BCUT2D eigenvalue weighted by Gasteiger charge is -2.25. The van der Waals surface area contributed by atoms with Gasteiger partial charge in [0, 0.05) is 6.42 Å². The third-order valence-corrected chi connectivity index (χ3v) is 3.76. The summed E-state index contributed by atoms with van der Waals surface area (Å²) in [5.41, 5.74) is 5.50. The van der Waals surface area contributed by atoms with E-state index in [0.717, 1.165) is 0 Å². The van der Waals surface area contributed by atoms with E-state index in [1.54, 1.807) is 0 Å². The van der Waals surface area contributed by atoms with Crippen LogP contribution in [0.5, 0.6) is 0 Å². The van der Waals surface area contributed by atoms with E-state index in [-0.39, 0.29) is 18.8 Å². The van der Waals surface area contributed by atoms with Gasteiger partial charge in [0.05, 0.1) is 6.04 Å². The third-order valence-electron chi connectivity index (χ3n) is 3.76. The summed E-state index contributed by atoms with van der Waals surface area (Å²) in [6, 6.07) is -4.31. The molecule has 0 aromatic rings. The summed E-state index contributed by atoms with van der Waals surface area (Å²) in [6.07, 6.45) is -0.390. The molecule has 3 amide bonds. The Kier molecular flexibility index (Phi) is 10.8. The van der Waals surface area contributed by atoms with Crippen LogP contribution in [-0.4, -0.2) is 64.0 Å². The third kappa shape index (κ3) is 9.86. The number of nitrogens with two attached hydrogens (primary N) is 1. The number of carboxylic acids is 2. The Hall–Kier alpha value is -2.69. The summed E-state index contributed by atoms with van der Waals surface area (Å²) >= 11 is 0. The second-order valence-corrected chi connectivity index (χ2v) is 7.04. The fourth-order valence-electron chi connectivity index (χ4n) is 2.19. The van der Waals surface area contributed by atoms with Crippen molar-refractivity contribution in [1.29, 1.82) is 0 Å². The quantitative estimate of drug-likeness (QED) is 0.235. The summed E-state index contributed by atoms with van der Waals surface area (Å²) in [6.45, 7) is 6.36. The Bertz CT molecular complexity index is 592. The summed E-state index contributed by atoms with van der Waals surface area (Å²) in [5.74, 6) is -4.49. The minimum absolute atomic E-state index is 0.0301. The van der Waals surface area contributed by atoms with Gasteiger partial charge in [0.2, 0.25) is 17.7 Å². The lowest BCUT2D eigenvalue weighted by atomic mass is 10.0. The molecule has 0 bridgehead atoms. The van der Waals surface area contributed by atoms with E-state index in [1.165, 1.54) is 13.8 Å². The second-order valence-electron chi connectivity index (χ2n) is 7.04. The van der Waals surface area contributed by atoms with E-state index in [9.17, 15) is 24.0 Å². The first kappa shape index (κ1) is 25.3. The minimum Gasteiger partial charge on any atom is -0.481 e. The van der Waals surface area contributed by atoms with Crippen LogP contribution in [0.1, 0.15) is 47.0 Å². The number of hydrogen-bond acceptors (Lipinski definition) is 6. The maximum atomic E-state index is 12.6. The molecule has 0 spiro atoms. The number of aliphatic carboxylic acids is 2. The molecule has 0 aliphatic heterocycles. The summed E-state index contributed by atoms with van der Waals surface area (Å²) in [7, 11) is 0. The van der Waals surface area contributed by atoms with Gasteiger partial charge in [-0.2, -0.15) is 0 Å². The Morgan fingerprint density at radius 3 is 1.75 bits per heavy atom. The Morgan fingerprint density at radius 1 is 0.821 bits per heavy atom. The number of hydrogen-bond donors (Lipinski definition) is 6. The van der Waals surface area contributed by atoms with Gasteiger partial charge in [-0.15, -0.1) is 0 Å². The SMILES string of the molecule is CC(C)CC(NC(=O)C(C)N)C(=O)NC(CCC(=O)O)C(=O)NC(C)C(=O)O. The molecule has 0 aliphatic carbocycles. The van der Waals surface area contributed by atoms with Crippen molar-refractivity contribution < 1.29 is 34.2 Å². The Balaban J connectivity index is 5.31. The van der Waals surface area contributed by atoms with Crippen LogP contribution in [0.25, 0.3) is 0 Å². The molecule has 0 aromatic carbocycles. The smallest absolute Gasteiger partial charge is 0.325 e. The van der Waals surface area contributed by atoms with Crippen LogP contribution < -0.4 is 21.7 Å². The van der Waals surface area contributed by atoms with Gasteiger partial charge < -0.3 is 31.9 Å². The highest BCUT2D eigenvalue weighted by molar-refractivity contribution is 5.94. The van der Waals surface area contributed by atoms with Gasteiger partial charge in [-0.1, -0.05) is 13.8 Å². The number of carboxylic acid groups (broad SMARTS) is 2. The molecule has 0 aromatic heterocycles. The molecule has 28 heavy (non-hydrogen) atoms. The van der Waals surface area contributed by atoms with Crippen molar-refractivity contribution in [3.05, 3.63) is 0 Å². The maximum Gasteiger partial charge on any atom is 0.325 e. The second kappa shape index (κ2) is 11.9. The number of amides is 3. The van der Waals surface area contributed by atoms with Crippen LogP contribution in [0.2, 0.25) is 0 Å². The summed E-state index contributed by atoms with van der Waals surface area (Å²) in [5, 5.41) is 24.8. The Morgan fingerprint density at radius 2 is 1.32 bits per heavy atom. The monoisotopic (exact) mass is 402 g/mol. The van der Waals surface area contributed by atoms with Gasteiger partial charge in [-0.05, 0) is 32.6 Å². The predicted octanol–water partition coefficient (Wildman–Crippen LogP) is -1.20. The molecular weight excluding hydrogens is 372 g/mol. The van der Waals surface area contributed by atoms with E-state index in [4.69, 9.17) is 15.9 Å². The molecule has 160 valence electrons. The van der Waals surface area contributed by atoms with Crippen molar-refractivity contribution in [3.8, 4) is 0 Å². The molecule has 0 saturated heterocycles. The average molecular weight is 402 g/mol. The van der Waals surface area contributed by atoms with Crippen molar-refractivity contribution in [2.75, 3.05) is 0 Å². The number of carbonyl (C=O) groups is 5. The highest BCUT2D eigenvalue weighted by Gasteiger charge is 2.29. The van der Waals surface area contributed by atoms with Crippen LogP contribution in [0, 0.1) is 5.92 Å².